The van der Waals surface area contributed by atoms with E-state index in [1.165, 1.54) is 30.3 Å². The number of hydrogen-bond donors (Lipinski definition) is 2. The Morgan fingerprint density at radius 2 is 2.33 bits per heavy atom. The molecule has 0 aliphatic rings. The number of nitrogens with one attached hydrogen (secondary N) is 1. The third-order valence-corrected chi connectivity index (χ3v) is 1.46. The van der Waals surface area contributed by atoms with Gasteiger partial charge >= 0.3 is 0 Å². The van der Waals surface area contributed by atoms with Gasteiger partial charge in [-0.25, -0.2) is 4.39 Å². The van der Waals surface area contributed by atoms with Crippen molar-refractivity contribution in [1.29, 1.82) is 5.26 Å². The van der Waals surface area contributed by atoms with Gasteiger partial charge in [0.2, 0.25) is 5.71 Å². The molecule has 0 saturated heterocycles. The van der Waals surface area contributed by atoms with E-state index in [9.17, 15) is 9.18 Å². The minimum Gasteiger partial charge on any atom is -0.364 e. The van der Waals surface area contributed by atoms with Gasteiger partial charge in [-0.05, 0) is 18.2 Å². The number of nitriles is 1. The summed E-state index contributed by atoms with van der Waals surface area (Å²) in [6, 6.07) is 6.92. The fourth-order valence-corrected chi connectivity index (χ4v) is 0.814. The molecule has 0 aromatic heterocycles. The predicted octanol–water partition coefficient (Wildman–Crippen LogP) is 0.602. The summed E-state index contributed by atoms with van der Waals surface area (Å²) in [5.41, 5.74) is 7.03. The quantitative estimate of drug-likeness (QED) is 0.560. The molecule has 15 heavy (non-hydrogen) atoms. The van der Waals surface area contributed by atoms with Crippen molar-refractivity contribution in [3.05, 3.63) is 30.1 Å². The van der Waals surface area contributed by atoms with Crippen LogP contribution in [0, 0.1) is 17.1 Å². The Balaban J connectivity index is 2.80. The van der Waals surface area contributed by atoms with Gasteiger partial charge in [-0.15, -0.1) is 0 Å². The van der Waals surface area contributed by atoms with Crippen LogP contribution in [0.3, 0.4) is 0 Å². The molecule has 0 saturated carbocycles. The Bertz CT molecular complexity index is 450. The number of hydrogen-bond acceptors (Lipinski definition) is 4. The highest BCUT2D eigenvalue weighted by Crippen LogP contribution is 2.08. The van der Waals surface area contributed by atoms with Crippen LogP contribution in [-0.4, -0.2) is 11.6 Å². The lowest BCUT2D eigenvalue weighted by Gasteiger charge is -1.99. The maximum Gasteiger partial charge on any atom is 0.280 e. The summed E-state index contributed by atoms with van der Waals surface area (Å²) < 4.78 is 12.7. The second-order valence-corrected chi connectivity index (χ2v) is 2.56. The second kappa shape index (κ2) is 4.72. The van der Waals surface area contributed by atoms with E-state index < -0.39 is 17.4 Å². The Morgan fingerprint density at radius 3 is 2.87 bits per heavy atom. The molecule has 0 spiro atoms. The van der Waals surface area contributed by atoms with Crippen molar-refractivity contribution < 1.29 is 9.18 Å². The molecule has 0 aliphatic carbocycles. The first-order valence-corrected chi connectivity index (χ1v) is 3.92. The number of carbonyl (C=O) groups is 1. The van der Waals surface area contributed by atoms with Crippen LogP contribution in [-0.2, 0) is 4.79 Å². The van der Waals surface area contributed by atoms with Crippen LogP contribution in [0.1, 0.15) is 0 Å². The normalized spacial score (nSPS) is 10.5. The van der Waals surface area contributed by atoms with Crippen LogP contribution in [0.2, 0.25) is 0 Å². The van der Waals surface area contributed by atoms with Crippen molar-refractivity contribution in [3.63, 3.8) is 0 Å². The highest BCUT2D eigenvalue weighted by atomic mass is 19.1. The molecule has 1 rings (SSSR count). The topological polar surface area (TPSA) is 91.3 Å². The molecule has 0 radical (unpaired) electrons. The molecule has 76 valence electrons. The van der Waals surface area contributed by atoms with Crippen LogP contribution in [0.5, 0.6) is 0 Å². The number of amides is 1. The van der Waals surface area contributed by atoms with Crippen molar-refractivity contribution in [2.24, 2.45) is 10.8 Å². The number of nitrogens with zero attached hydrogens (tertiary/aromatic N) is 2. The molecule has 0 bridgehead atoms. The lowest BCUT2D eigenvalue weighted by atomic mass is 10.3. The maximum absolute atomic E-state index is 12.7. The molecule has 3 N–H and O–H groups in total. The van der Waals surface area contributed by atoms with E-state index in [2.05, 4.69) is 10.5 Å². The van der Waals surface area contributed by atoms with Gasteiger partial charge in [0.15, 0.2) is 0 Å². The minimum absolute atomic E-state index is 0.323. The van der Waals surface area contributed by atoms with Crippen molar-refractivity contribution in [3.8, 4) is 6.07 Å². The average Bonchev–Trinajstić information content (AvgIpc) is 2.18. The average molecular weight is 206 g/mol. The van der Waals surface area contributed by atoms with Crippen LogP contribution >= 0.6 is 0 Å². The summed E-state index contributed by atoms with van der Waals surface area (Å²) >= 11 is 0. The molecule has 1 aromatic carbocycles. The monoisotopic (exact) mass is 206 g/mol. The van der Waals surface area contributed by atoms with E-state index in [0.717, 1.165) is 0 Å². The van der Waals surface area contributed by atoms with E-state index in [0.29, 0.717) is 5.69 Å². The highest BCUT2D eigenvalue weighted by Gasteiger charge is 2.04. The number of primary amides is 1. The van der Waals surface area contributed by atoms with Gasteiger partial charge in [0, 0.05) is 0 Å². The number of carbonyl (C=O) groups excluding carboxylic acids is 1. The maximum atomic E-state index is 12.7. The second-order valence-electron chi connectivity index (χ2n) is 2.56. The molecular formula is C9H7FN4O. The Kier molecular flexibility index (Phi) is 3.35. The van der Waals surface area contributed by atoms with Crippen molar-refractivity contribution in [1.82, 2.24) is 0 Å². The summed E-state index contributed by atoms with van der Waals surface area (Å²) in [6.45, 7) is 0. The fourth-order valence-electron chi connectivity index (χ4n) is 0.814. The summed E-state index contributed by atoms with van der Waals surface area (Å²) in [5, 5.41) is 11.9. The number of rotatable bonds is 3. The molecule has 6 heteroatoms. The number of nitrogens with two attached hydrogens (primary N) is 1. The molecule has 0 aliphatic heterocycles. The van der Waals surface area contributed by atoms with Gasteiger partial charge in [0.25, 0.3) is 5.91 Å². The van der Waals surface area contributed by atoms with Crippen LogP contribution in [0.15, 0.2) is 29.4 Å². The summed E-state index contributed by atoms with van der Waals surface area (Å²) in [7, 11) is 0. The summed E-state index contributed by atoms with van der Waals surface area (Å²) in [5.74, 6) is -1.39. The third-order valence-electron chi connectivity index (χ3n) is 1.46. The number of benzene rings is 1. The molecule has 0 unspecified atom stereocenters. The van der Waals surface area contributed by atoms with Crippen molar-refractivity contribution >= 4 is 17.3 Å². The first kappa shape index (κ1) is 10.7. The number of anilines is 1. The summed E-state index contributed by atoms with van der Waals surface area (Å²) in [6.07, 6.45) is 0. The van der Waals surface area contributed by atoms with Gasteiger partial charge in [0.1, 0.15) is 11.9 Å². The molecule has 5 nitrogen and oxygen atoms in total. The number of hydrazone groups is 1. The molecule has 0 heterocycles. The Hall–Kier alpha value is -2.42. The van der Waals surface area contributed by atoms with E-state index in [1.807, 2.05) is 0 Å². The van der Waals surface area contributed by atoms with Gasteiger partial charge in [-0.3, -0.25) is 10.2 Å². The van der Waals surface area contributed by atoms with E-state index in [-0.39, 0.29) is 0 Å². The molecule has 0 fully saturated rings. The molecule has 0 atom stereocenters. The van der Waals surface area contributed by atoms with Crippen molar-refractivity contribution in [2.75, 3.05) is 5.43 Å². The third kappa shape index (κ3) is 3.08. The molecular weight excluding hydrogens is 199 g/mol. The fraction of sp³-hybridized carbons (Fsp3) is 0. The predicted molar refractivity (Wildman–Crippen MR) is 52.3 cm³/mol. The zero-order valence-corrected chi connectivity index (χ0v) is 7.57. The van der Waals surface area contributed by atoms with Gasteiger partial charge in [0.05, 0.1) is 5.69 Å². The van der Waals surface area contributed by atoms with Crippen LogP contribution < -0.4 is 11.2 Å². The molecule has 1 amide bonds. The first-order chi connectivity index (χ1) is 7.13. The smallest absolute Gasteiger partial charge is 0.280 e. The standard InChI is InChI=1S/C9H7FN4O/c10-6-2-1-3-7(4-6)13-14-8(5-11)9(12)15/h1-4,13H,(H2,12,15)/b14-8+. The summed E-state index contributed by atoms with van der Waals surface area (Å²) in [4.78, 5) is 10.6. The SMILES string of the molecule is N#C/C(=N\Nc1cccc(F)c1)C(N)=O. The van der Waals surface area contributed by atoms with Gasteiger partial charge in [-0.1, -0.05) is 6.07 Å². The zero-order valence-electron chi connectivity index (χ0n) is 7.57. The van der Waals surface area contributed by atoms with E-state index >= 15 is 0 Å². The minimum atomic E-state index is -0.943. The lowest BCUT2D eigenvalue weighted by Crippen LogP contribution is -2.22. The van der Waals surface area contributed by atoms with Gasteiger partial charge < -0.3 is 5.73 Å². The lowest BCUT2D eigenvalue weighted by molar-refractivity contribution is -0.111. The van der Waals surface area contributed by atoms with E-state index in [1.54, 1.807) is 0 Å². The van der Waals surface area contributed by atoms with Crippen LogP contribution in [0.25, 0.3) is 0 Å². The zero-order chi connectivity index (χ0) is 11.3. The number of halogens is 1. The molecule has 1 aromatic rings. The Morgan fingerprint density at radius 1 is 1.60 bits per heavy atom. The van der Waals surface area contributed by atoms with Crippen molar-refractivity contribution in [2.45, 2.75) is 0 Å². The van der Waals surface area contributed by atoms with Crippen LogP contribution in [0.4, 0.5) is 10.1 Å². The largest absolute Gasteiger partial charge is 0.364 e. The highest BCUT2D eigenvalue weighted by molar-refractivity contribution is 6.44. The Labute approximate surface area is 85.0 Å². The van der Waals surface area contributed by atoms with E-state index in [4.69, 9.17) is 11.0 Å². The first-order valence-electron chi connectivity index (χ1n) is 3.92. The van der Waals surface area contributed by atoms with Gasteiger partial charge in [-0.2, -0.15) is 10.4 Å².